The lowest BCUT2D eigenvalue weighted by atomic mass is 10.5. The molecule has 3 rings (SSSR count). The van der Waals surface area contributed by atoms with Gasteiger partial charge in [0.25, 0.3) is 0 Å². The summed E-state index contributed by atoms with van der Waals surface area (Å²) in [6.07, 6.45) is 5.44. The van der Waals surface area contributed by atoms with Gasteiger partial charge in [0.15, 0.2) is 0 Å². The van der Waals surface area contributed by atoms with Gasteiger partial charge in [0, 0.05) is 13.2 Å². The van der Waals surface area contributed by atoms with Crippen molar-refractivity contribution in [2.24, 2.45) is 7.05 Å². The van der Waals surface area contributed by atoms with Gasteiger partial charge in [-0.1, -0.05) is 0 Å². The Hall–Kier alpha value is -1.95. The van der Waals surface area contributed by atoms with Gasteiger partial charge in [-0.15, -0.1) is 11.3 Å². The third-order valence-electron chi connectivity index (χ3n) is 2.16. The third kappa shape index (κ3) is 1.63. The number of aryl methyl sites for hydroxylation is 1. The molecule has 80 valence electrons. The van der Waals surface area contributed by atoms with Crippen LogP contribution in [0.25, 0.3) is 10.2 Å². The van der Waals surface area contributed by atoms with E-state index in [-0.39, 0.29) is 0 Å². The lowest BCUT2D eigenvalue weighted by Gasteiger charge is -2.00. The van der Waals surface area contributed by atoms with E-state index >= 15 is 0 Å². The SMILES string of the molecule is Cn1cc(Nc2ncc3sccc3n2)cn1. The van der Waals surface area contributed by atoms with E-state index in [9.17, 15) is 0 Å². The maximum Gasteiger partial charge on any atom is 0.227 e. The molecular weight excluding hydrogens is 222 g/mol. The van der Waals surface area contributed by atoms with Gasteiger partial charge in [-0.25, -0.2) is 9.97 Å². The van der Waals surface area contributed by atoms with Crippen molar-refractivity contribution in [2.45, 2.75) is 0 Å². The Kier molecular flexibility index (Phi) is 2.07. The van der Waals surface area contributed by atoms with Crippen molar-refractivity contribution in [3.05, 3.63) is 30.0 Å². The molecule has 0 aliphatic heterocycles. The van der Waals surface area contributed by atoms with E-state index in [1.165, 1.54) is 0 Å². The minimum Gasteiger partial charge on any atom is -0.321 e. The molecule has 6 heteroatoms. The van der Waals surface area contributed by atoms with Gasteiger partial charge in [-0.2, -0.15) is 5.10 Å². The van der Waals surface area contributed by atoms with Crippen LogP contribution in [0.2, 0.25) is 0 Å². The summed E-state index contributed by atoms with van der Waals surface area (Å²) in [5.74, 6) is 0.596. The number of rotatable bonds is 2. The molecule has 3 aromatic heterocycles. The minimum atomic E-state index is 0.596. The summed E-state index contributed by atoms with van der Waals surface area (Å²) in [5.41, 5.74) is 1.85. The average Bonchev–Trinajstić information content (AvgIpc) is 2.87. The van der Waals surface area contributed by atoms with Crippen LogP contribution in [0.5, 0.6) is 0 Å². The highest BCUT2D eigenvalue weighted by Crippen LogP contribution is 2.20. The molecule has 0 aromatic carbocycles. The Labute approximate surface area is 95.8 Å². The molecule has 0 radical (unpaired) electrons. The summed E-state index contributed by atoms with van der Waals surface area (Å²) in [7, 11) is 1.87. The zero-order valence-corrected chi connectivity index (χ0v) is 9.40. The topological polar surface area (TPSA) is 55.6 Å². The van der Waals surface area contributed by atoms with Crippen LogP contribution in [-0.4, -0.2) is 19.7 Å². The summed E-state index contributed by atoms with van der Waals surface area (Å²) in [5, 5.41) is 9.18. The molecule has 0 fully saturated rings. The van der Waals surface area contributed by atoms with E-state index in [0.717, 1.165) is 15.9 Å². The van der Waals surface area contributed by atoms with Crippen molar-refractivity contribution in [1.29, 1.82) is 0 Å². The first-order valence-electron chi connectivity index (χ1n) is 4.77. The summed E-state index contributed by atoms with van der Waals surface area (Å²) < 4.78 is 2.82. The minimum absolute atomic E-state index is 0.596. The van der Waals surface area contributed by atoms with Crippen LogP contribution in [-0.2, 0) is 7.05 Å². The summed E-state index contributed by atoms with van der Waals surface area (Å²) in [6, 6.07) is 1.98. The first-order chi connectivity index (χ1) is 7.81. The lowest BCUT2D eigenvalue weighted by molar-refractivity contribution is 0.768. The first-order valence-corrected chi connectivity index (χ1v) is 5.65. The van der Waals surface area contributed by atoms with Gasteiger partial charge < -0.3 is 5.32 Å². The van der Waals surface area contributed by atoms with Crippen LogP contribution in [0.4, 0.5) is 11.6 Å². The van der Waals surface area contributed by atoms with Crippen molar-refractivity contribution in [2.75, 3.05) is 5.32 Å². The Balaban J connectivity index is 1.94. The number of hydrogen-bond donors (Lipinski definition) is 1. The fraction of sp³-hybridized carbons (Fsp3) is 0.100. The van der Waals surface area contributed by atoms with Gasteiger partial charge >= 0.3 is 0 Å². The van der Waals surface area contributed by atoms with E-state index in [0.29, 0.717) is 5.95 Å². The van der Waals surface area contributed by atoms with Crippen molar-refractivity contribution in [1.82, 2.24) is 19.7 Å². The van der Waals surface area contributed by atoms with Crippen LogP contribution in [0, 0.1) is 0 Å². The molecule has 1 N–H and O–H groups in total. The highest BCUT2D eigenvalue weighted by molar-refractivity contribution is 7.17. The van der Waals surface area contributed by atoms with Gasteiger partial charge in [0.05, 0.1) is 28.3 Å². The Bertz CT molecular complexity index is 627. The Morgan fingerprint density at radius 2 is 2.31 bits per heavy atom. The molecule has 0 saturated carbocycles. The molecule has 0 aliphatic carbocycles. The molecule has 0 atom stereocenters. The van der Waals surface area contributed by atoms with E-state index in [1.54, 1.807) is 22.2 Å². The second-order valence-electron chi connectivity index (χ2n) is 3.39. The van der Waals surface area contributed by atoms with Crippen LogP contribution < -0.4 is 5.32 Å². The molecule has 3 aromatic rings. The number of anilines is 2. The van der Waals surface area contributed by atoms with E-state index in [1.807, 2.05) is 30.9 Å². The number of aromatic nitrogens is 4. The van der Waals surface area contributed by atoms with E-state index in [2.05, 4.69) is 20.4 Å². The van der Waals surface area contributed by atoms with Crippen LogP contribution >= 0.6 is 11.3 Å². The number of thiophene rings is 1. The number of hydrogen-bond acceptors (Lipinski definition) is 5. The molecule has 0 amide bonds. The second kappa shape index (κ2) is 3.57. The van der Waals surface area contributed by atoms with Crippen LogP contribution in [0.15, 0.2) is 30.0 Å². The van der Waals surface area contributed by atoms with Gasteiger partial charge in [0.2, 0.25) is 5.95 Å². The number of nitrogens with zero attached hydrogens (tertiary/aromatic N) is 4. The Morgan fingerprint density at radius 1 is 1.38 bits per heavy atom. The van der Waals surface area contributed by atoms with Crippen LogP contribution in [0.3, 0.4) is 0 Å². The zero-order chi connectivity index (χ0) is 11.0. The van der Waals surface area contributed by atoms with Crippen molar-refractivity contribution >= 4 is 33.2 Å². The smallest absolute Gasteiger partial charge is 0.227 e. The first kappa shape index (κ1) is 9.29. The lowest BCUT2D eigenvalue weighted by Crippen LogP contribution is -1.95. The summed E-state index contributed by atoms with van der Waals surface area (Å²) >= 11 is 1.64. The fourth-order valence-electron chi connectivity index (χ4n) is 1.44. The van der Waals surface area contributed by atoms with E-state index < -0.39 is 0 Å². The number of nitrogens with one attached hydrogen (secondary N) is 1. The molecule has 0 spiro atoms. The molecule has 0 aliphatic rings. The van der Waals surface area contributed by atoms with Crippen molar-refractivity contribution in [3.8, 4) is 0 Å². The largest absolute Gasteiger partial charge is 0.321 e. The van der Waals surface area contributed by atoms with Gasteiger partial charge in [-0.3, -0.25) is 4.68 Å². The molecule has 5 nitrogen and oxygen atoms in total. The average molecular weight is 231 g/mol. The highest BCUT2D eigenvalue weighted by atomic mass is 32.1. The number of fused-ring (bicyclic) bond motifs is 1. The highest BCUT2D eigenvalue weighted by Gasteiger charge is 2.02. The summed E-state index contributed by atoms with van der Waals surface area (Å²) in [4.78, 5) is 8.63. The second-order valence-corrected chi connectivity index (χ2v) is 4.34. The monoisotopic (exact) mass is 231 g/mol. The predicted octanol–water partition coefficient (Wildman–Crippen LogP) is 2.17. The van der Waals surface area contributed by atoms with Crippen molar-refractivity contribution < 1.29 is 0 Å². The Morgan fingerprint density at radius 3 is 3.12 bits per heavy atom. The maximum atomic E-state index is 4.39. The quantitative estimate of drug-likeness (QED) is 0.734. The maximum absolute atomic E-state index is 4.39. The fourth-order valence-corrected chi connectivity index (χ4v) is 2.13. The predicted molar refractivity (Wildman–Crippen MR) is 63.9 cm³/mol. The van der Waals surface area contributed by atoms with Gasteiger partial charge in [0.1, 0.15) is 0 Å². The zero-order valence-electron chi connectivity index (χ0n) is 8.58. The molecule has 0 unspecified atom stereocenters. The molecule has 16 heavy (non-hydrogen) atoms. The van der Waals surface area contributed by atoms with E-state index in [4.69, 9.17) is 0 Å². The van der Waals surface area contributed by atoms with Gasteiger partial charge in [-0.05, 0) is 11.4 Å². The molecular formula is C10H9N5S. The summed E-state index contributed by atoms with van der Waals surface area (Å²) in [6.45, 7) is 0. The molecule has 0 saturated heterocycles. The third-order valence-corrected chi connectivity index (χ3v) is 3.01. The normalized spacial score (nSPS) is 10.8. The standard InChI is InChI=1S/C10H9N5S/c1-15-6-7(4-12-15)13-10-11-5-9-8(14-10)2-3-16-9/h2-6H,1H3,(H,11,13,14). The molecule has 0 bridgehead atoms. The molecule has 3 heterocycles. The van der Waals surface area contributed by atoms with Crippen LogP contribution in [0.1, 0.15) is 0 Å². The van der Waals surface area contributed by atoms with Crippen molar-refractivity contribution in [3.63, 3.8) is 0 Å².